The van der Waals surface area contributed by atoms with Gasteiger partial charge in [0.05, 0.1) is 18.5 Å². The van der Waals surface area contributed by atoms with Gasteiger partial charge in [0.2, 0.25) is 0 Å². The molecule has 1 aromatic rings. The van der Waals surface area contributed by atoms with Crippen LogP contribution in [-0.2, 0) is 4.74 Å². The molecule has 1 heterocycles. The van der Waals surface area contributed by atoms with E-state index in [1.54, 1.807) is 19.5 Å². The van der Waals surface area contributed by atoms with Crippen LogP contribution >= 0.6 is 0 Å². The highest BCUT2D eigenvalue weighted by Crippen LogP contribution is 2.43. The van der Waals surface area contributed by atoms with E-state index in [1.807, 2.05) is 6.92 Å². The summed E-state index contributed by atoms with van der Waals surface area (Å²) in [4.78, 5) is 8.66. The second-order valence-corrected chi connectivity index (χ2v) is 5.30. The van der Waals surface area contributed by atoms with Gasteiger partial charge in [-0.1, -0.05) is 13.8 Å². The third-order valence-electron chi connectivity index (χ3n) is 3.78. The number of hydrogen-bond acceptors (Lipinski definition) is 5. The van der Waals surface area contributed by atoms with Crippen molar-refractivity contribution in [1.29, 1.82) is 0 Å². The summed E-state index contributed by atoms with van der Waals surface area (Å²) in [6, 6.07) is 0.383. The quantitative estimate of drug-likeness (QED) is 0.838. The Hall–Kier alpha value is -1.36. The zero-order valence-corrected chi connectivity index (χ0v) is 11.5. The zero-order valence-electron chi connectivity index (χ0n) is 11.5. The van der Waals surface area contributed by atoms with Gasteiger partial charge >= 0.3 is 0 Å². The maximum atomic E-state index is 5.44. The first kappa shape index (κ1) is 13.1. The lowest BCUT2D eigenvalue weighted by Gasteiger charge is -2.51. The van der Waals surface area contributed by atoms with Gasteiger partial charge in [0, 0.05) is 25.1 Å². The molecule has 2 rings (SSSR count). The van der Waals surface area contributed by atoms with Gasteiger partial charge < -0.3 is 15.4 Å². The van der Waals surface area contributed by atoms with E-state index in [0.717, 1.165) is 24.6 Å². The summed E-state index contributed by atoms with van der Waals surface area (Å²) in [7, 11) is 1.77. The molecule has 1 aliphatic rings. The fraction of sp³-hybridized carbons (Fsp3) is 0.692. The van der Waals surface area contributed by atoms with E-state index >= 15 is 0 Å². The molecule has 0 aromatic carbocycles. The molecular formula is C13H22N4O. The van der Waals surface area contributed by atoms with Crippen LogP contribution in [0.2, 0.25) is 0 Å². The maximum Gasteiger partial charge on any atom is 0.147 e. The molecule has 5 nitrogen and oxygen atoms in total. The molecule has 2 atom stereocenters. The van der Waals surface area contributed by atoms with E-state index in [0.29, 0.717) is 12.1 Å². The van der Waals surface area contributed by atoms with Gasteiger partial charge in [0.15, 0.2) is 0 Å². The van der Waals surface area contributed by atoms with Gasteiger partial charge in [-0.25, -0.2) is 4.98 Å². The van der Waals surface area contributed by atoms with Gasteiger partial charge in [-0.05, 0) is 13.3 Å². The highest BCUT2D eigenvalue weighted by molar-refractivity contribution is 5.43. The molecule has 1 aliphatic carbocycles. The van der Waals surface area contributed by atoms with Crippen molar-refractivity contribution >= 4 is 11.6 Å². The minimum Gasteiger partial charge on any atom is -0.381 e. The fourth-order valence-electron chi connectivity index (χ4n) is 2.41. The molecule has 0 bridgehead atoms. The van der Waals surface area contributed by atoms with Crippen molar-refractivity contribution in [1.82, 2.24) is 9.97 Å². The summed E-state index contributed by atoms with van der Waals surface area (Å²) < 4.78 is 5.44. The van der Waals surface area contributed by atoms with Gasteiger partial charge in [0.1, 0.15) is 11.6 Å². The Morgan fingerprint density at radius 3 is 2.72 bits per heavy atom. The van der Waals surface area contributed by atoms with Crippen LogP contribution in [0.5, 0.6) is 0 Å². The number of methoxy groups -OCH3 is 1. The van der Waals surface area contributed by atoms with Crippen LogP contribution in [0, 0.1) is 5.41 Å². The van der Waals surface area contributed by atoms with E-state index in [9.17, 15) is 0 Å². The molecule has 2 N–H and O–H groups in total. The lowest BCUT2D eigenvalue weighted by molar-refractivity contribution is -0.0795. The fourth-order valence-corrected chi connectivity index (χ4v) is 2.41. The van der Waals surface area contributed by atoms with E-state index in [2.05, 4.69) is 34.4 Å². The summed E-state index contributed by atoms with van der Waals surface area (Å²) in [6.07, 6.45) is 4.83. The Labute approximate surface area is 108 Å². The topological polar surface area (TPSA) is 59.1 Å². The minimum atomic E-state index is 0.130. The Kier molecular flexibility index (Phi) is 3.71. The number of aromatic nitrogens is 2. The average molecular weight is 250 g/mol. The van der Waals surface area contributed by atoms with E-state index in [4.69, 9.17) is 4.74 Å². The number of hydrogen-bond donors (Lipinski definition) is 2. The van der Waals surface area contributed by atoms with Gasteiger partial charge in [-0.2, -0.15) is 0 Å². The second-order valence-electron chi connectivity index (χ2n) is 5.30. The first-order valence-corrected chi connectivity index (χ1v) is 6.43. The smallest absolute Gasteiger partial charge is 0.147 e. The SMILES string of the molecule is CCNc1cncc(NC2CC(OC)C2(C)C)n1. The van der Waals surface area contributed by atoms with Crippen LogP contribution in [0.1, 0.15) is 27.2 Å². The molecule has 0 aliphatic heterocycles. The van der Waals surface area contributed by atoms with Gasteiger partial charge in [0.25, 0.3) is 0 Å². The van der Waals surface area contributed by atoms with Crippen LogP contribution in [0.3, 0.4) is 0 Å². The van der Waals surface area contributed by atoms with Crippen molar-refractivity contribution in [2.45, 2.75) is 39.3 Å². The Balaban J connectivity index is 2.00. The summed E-state index contributed by atoms with van der Waals surface area (Å²) in [5, 5.41) is 6.60. The van der Waals surface area contributed by atoms with Crippen LogP contribution in [0.15, 0.2) is 12.4 Å². The molecule has 5 heteroatoms. The molecule has 1 saturated carbocycles. The molecule has 1 aromatic heterocycles. The van der Waals surface area contributed by atoms with Crippen molar-refractivity contribution in [3.8, 4) is 0 Å². The van der Waals surface area contributed by atoms with Crippen LogP contribution in [0.25, 0.3) is 0 Å². The van der Waals surface area contributed by atoms with E-state index in [-0.39, 0.29) is 5.41 Å². The molecule has 0 spiro atoms. The summed E-state index contributed by atoms with van der Waals surface area (Å²) >= 11 is 0. The monoisotopic (exact) mass is 250 g/mol. The summed E-state index contributed by atoms with van der Waals surface area (Å²) in [6.45, 7) is 7.31. The molecule has 18 heavy (non-hydrogen) atoms. The predicted octanol–water partition coefficient (Wildman–Crippen LogP) is 2.13. The molecule has 0 amide bonds. The number of rotatable bonds is 5. The molecular weight excluding hydrogens is 228 g/mol. The standard InChI is InChI=1S/C13H22N4O/c1-5-15-11-7-14-8-12(17-11)16-9-6-10(18-4)13(9,2)3/h7-10H,5-6H2,1-4H3,(H2,15,16,17). The lowest BCUT2D eigenvalue weighted by atomic mass is 9.64. The largest absolute Gasteiger partial charge is 0.381 e. The van der Waals surface area contributed by atoms with E-state index < -0.39 is 0 Å². The lowest BCUT2D eigenvalue weighted by Crippen LogP contribution is -2.57. The average Bonchev–Trinajstić information content (AvgIpc) is 2.35. The highest BCUT2D eigenvalue weighted by Gasteiger charge is 2.48. The zero-order chi connectivity index (χ0) is 13.2. The highest BCUT2D eigenvalue weighted by atomic mass is 16.5. The Bertz CT molecular complexity index is 408. The van der Waals surface area contributed by atoms with Crippen molar-refractivity contribution < 1.29 is 4.74 Å². The Morgan fingerprint density at radius 2 is 2.11 bits per heavy atom. The maximum absolute atomic E-state index is 5.44. The second kappa shape index (κ2) is 5.10. The number of nitrogens with one attached hydrogen (secondary N) is 2. The molecule has 100 valence electrons. The number of anilines is 2. The van der Waals surface area contributed by atoms with Crippen LogP contribution in [0.4, 0.5) is 11.6 Å². The van der Waals surface area contributed by atoms with Crippen LogP contribution in [-0.4, -0.2) is 35.8 Å². The third-order valence-corrected chi connectivity index (χ3v) is 3.78. The van der Waals surface area contributed by atoms with Gasteiger partial charge in [-0.15, -0.1) is 0 Å². The Morgan fingerprint density at radius 1 is 1.39 bits per heavy atom. The first-order chi connectivity index (χ1) is 8.57. The molecule has 0 radical (unpaired) electrons. The summed E-state index contributed by atoms with van der Waals surface area (Å²) in [5.74, 6) is 1.63. The van der Waals surface area contributed by atoms with E-state index in [1.165, 1.54) is 0 Å². The molecule has 1 fully saturated rings. The first-order valence-electron chi connectivity index (χ1n) is 6.43. The summed E-state index contributed by atoms with van der Waals surface area (Å²) in [5.41, 5.74) is 0.130. The van der Waals surface area contributed by atoms with Gasteiger partial charge in [-0.3, -0.25) is 4.98 Å². The molecule has 2 unspecified atom stereocenters. The van der Waals surface area contributed by atoms with Crippen molar-refractivity contribution in [2.24, 2.45) is 5.41 Å². The van der Waals surface area contributed by atoms with Crippen LogP contribution < -0.4 is 10.6 Å². The predicted molar refractivity (Wildman–Crippen MR) is 72.8 cm³/mol. The normalized spacial score (nSPS) is 25.3. The number of nitrogens with zero attached hydrogens (tertiary/aromatic N) is 2. The minimum absolute atomic E-state index is 0.130. The number of ether oxygens (including phenoxy) is 1. The van der Waals surface area contributed by atoms with Crippen molar-refractivity contribution in [3.63, 3.8) is 0 Å². The third kappa shape index (κ3) is 2.41. The van der Waals surface area contributed by atoms with Crippen molar-refractivity contribution in [2.75, 3.05) is 24.3 Å². The van der Waals surface area contributed by atoms with Crippen molar-refractivity contribution in [3.05, 3.63) is 12.4 Å². The molecule has 0 saturated heterocycles.